The van der Waals surface area contributed by atoms with Gasteiger partial charge in [-0.25, -0.2) is 0 Å². The van der Waals surface area contributed by atoms with E-state index in [4.69, 9.17) is 0 Å². The zero-order valence-corrected chi connectivity index (χ0v) is 38.2. The van der Waals surface area contributed by atoms with E-state index >= 15 is 0 Å². The second-order valence-corrected chi connectivity index (χ2v) is 48.8. The van der Waals surface area contributed by atoms with Crippen molar-refractivity contribution in [1.82, 2.24) is 0 Å². The van der Waals surface area contributed by atoms with E-state index in [0.717, 1.165) is 0 Å². The van der Waals surface area contributed by atoms with Gasteiger partial charge in [0.05, 0.1) is 0 Å². The van der Waals surface area contributed by atoms with Gasteiger partial charge in [-0.2, -0.15) is 0 Å². The molecule has 7 rings (SSSR count). The number of fused-ring (bicyclic) bond motifs is 2. The van der Waals surface area contributed by atoms with Crippen molar-refractivity contribution in [1.29, 1.82) is 0 Å². The van der Waals surface area contributed by atoms with Gasteiger partial charge in [0.15, 0.2) is 0 Å². The molecule has 0 aliphatic heterocycles. The van der Waals surface area contributed by atoms with Gasteiger partial charge >= 0.3 is 306 Å². The Morgan fingerprint density at radius 2 is 1.04 bits per heavy atom. The van der Waals surface area contributed by atoms with E-state index in [0.29, 0.717) is 7.25 Å². The Balaban J connectivity index is 0.00000261. The molecular formula is C48H56Cl2SiZr. The fraction of sp³-hybridized carbons (Fsp3) is 0.292. The monoisotopic (exact) mass is 820 g/mol. The zero-order chi connectivity index (χ0) is 35.8. The van der Waals surface area contributed by atoms with Gasteiger partial charge in [-0.1, -0.05) is 0 Å². The molecule has 0 radical (unpaired) electrons. The number of allylic oxidation sites excluding steroid dienone is 2. The van der Waals surface area contributed by atoms with Crippen molar-refractivity contribution < 1.29 is 17.4 Å². The van der Waals surface area contributed by atoms with E-state index < -0.39 is 17.4 Å². The van der Waals surface area contributed by atoms with Crippen LogP contribution in [0.3, 0.4) is 0 Å². The van der Waals surface area contributed by atoms with Crippen LogP contribution in [0, 0.1) is 6.92 Å². The molecule has 2 aliphatic rings. The standard InChI is InChI=1S/C25H23.C21H23.2CH3.2ClH.H2Si.Zr/c1-25(2,3)22-14-12-19(13-15-22)23-11-7-10-20-16-21(17-24(20)23)18-8-5-4-6-9-18;1-14-12-19-15(2)6-11-18(20(19)13-14)16-7-9-17(10-8-16)21(3,4)5;;;;;;/h4-17H,1-3H3;6-13H,1-5H3;2*1H3;2*1H;1H2;. The molecule has 2 aliphatic carbocycles. The summed E-state index contributed by atoms with van der Waals surface area (Å²) in [5.74, 6) is 0. The average Bonchev–Trinajstić information content (AvgIpc) is 3.65. The Kier molecular flexibility index (Phi) is 11.0. The summed E-state index contributed by atoms with van der Waals surface area (Å²) in [5.41, 5.74) is 20.2. The Morgan fingerprint density at radius 3 is 1.56 bits per heavy atom. The smallest absolute Gasteiger partial charge is 0.147 e. The van der Waals surface area contributed by atoms with Gasteiger partial charge in [0.1, 0.15) is 0 Å². The van der Waals surface area contributed by atoms with Crippen LogP contribution in [0.25, 0.3) is 40.0 Å². The second-order valence-electron chi connectivity index (χ2n) is 18.4. The molecule has 0 aromatic heterocycles. The molecule has 0 fully saturated rings. The van der Waals surface area contributed by atoms with Crippen LogP contribution < -0.4 is 0 Å². The number of benzene rings is 5. The fourth-order valence-corrected chi connectivity index (χ4v) is 29.3. The fourth-order valence-electron chi connectivity index (χ4n) is 9.32. The zero-order valence-electron chi connectivity index (χ0n) is 32.7. The first-order valence-corrected chi connectivity index (χ1v) is 32.1. The van der Waals surface area contributed by atoms with Gasteiger partial charge < -0.3 is 0 Å². The van der Waals surface area contributed by atoms with Gasteiger partial charge in [0.2, 0.25) is 0 Å². The molecule has 5 aromatic carbocycles. The van der Waals surface area contributed by atoms with E-state index in [2.05, 4.69) is 193 Å². The van der Waals surface area contributed by atoms with Crippen LogP contribution in [-0.2, 0) is 28.2 Å². The Hall–Kier alpha value is -2.74. The summed E-state index contributed by atoms with van der Waals surface area (Å²) in [6.07, 6.45) is 5.13. The van der Waals surface area contributed by atoms with Crippen LogP contribution in [0.4, 0.5) is 0 Å². The number of halogens is 2. The molecule has 0 amide bonds. The largest absolute Gasteiger partial charge is 0.147 e. The first-order valence-electron chi connectivity index (χ1n) is 18.4. The summed E-state index contributed by atoms with van der Waals surface area (Å²) in [6.45, 7) is 21.0. The van der Waals surface area contributed by atoms with Crippen molar-refractivity contribution in [2.45, 2.75) is 82.7 Å². The van der Waals surface area contributed by atoms with Crippen molar-refractivity contribution in [2.75, 3.05) is 0 Å². The number of aryl methyl sites for hydroxylation is 1. The van der Waals surface area contributed by atoms with Gasteiger partial charge in [-0.3, -0.25) is 0 Å². The Labute approximate surface area is 328 Å². The average molecular weight is 823 g/mol. The molecule has 2 atom stereocenters. The summed E-state index contributed by atoms with van der Waals surface area (Å²) >= 11 is -3.86. The number of hydrogen-bond acceptors (Lipinski definition) is 0. The number of hydrogen-bond donors (Lipinski definition) is 0. The minimum Gasteiger partial charge on any atom is -0.147 e. The molecule has 0 saturated carbocycles. The van der Waals surface area contributed by atoms with E-state index in [1.165, 1.54) is 66.8 Å². The SMILES string of the molecule is CC1=Cc2c(-c3ccc(C(C)(C)C)cc3)ccc(C)c2[CH]1[Zr]([CH3])([CH3])(=[SiH2])[CH]1C(c2ccccc2)=Cc2c(-c3ccc(C(C)(C)C)cc3)cccc21.Cl.Cl. The van der Waals surface area contributed by atoms with Crippen molar-refractivity contribution in [2.24, 2.45) is 0 Å². The third kappa shape index (κ3) is 6.99. The molecule has 2 unspecified atom stereocenters. The predicted molar refractivity (Wildman–Crippen MR) is 234 cm³/mol. The van der Waals surface area contributed by atoms with Gasteiger partial charge in [-0.05, 0) is 0 Å². The molecule has 0 bridgehead atoms. The minimum absolute atomic E-state index is 0. The summed E-state index contributed by atoms with van der Waals surface area (Å²) in [5, 5.41) is 0. The third-order valence-corrected chi connectivity index (χ3v) is 29.3. The van der Waals surface area contributed by atoms with Crippen LogP contribution >= 0.6 is 24.8 Å². The molecular weight excluding hydrogens is 767 g/mol. The van der Waals surface area contributed by atoms with E-state index in [1.54, 1.807) is 11.1 Å². The molecule has 0 saturated heterocycles. The maximum absolute atomic E-state index is 3.86. The van der Waals surface area contributed by atoms with Gasteiger partial charge in [-0.15, -0.1) is 24.8 Å². The first-order chi connectivity index (χ1) is 23.4. The van der Waals surface area contributed by atoms with Crippen LogP contribution in [0.5, 0.6) is 0 Å². The maximum atomic E-state index is 2.77. The maximum Gasteiger partial charge on any atom is -0.147 e. The summed E-state index contributed by atoms with van der Waals surface area (Å²) in [7, 11) is 0. The van der Waals surface area contributed by atoms with Crippen LogP contribution in [0.15, 0.2) is 115 Å². The minimum atomic E-state index is -3.86. The van der Waals surface area contributed by atoms with E-state index in [9.17, 15) is 0 Å². The first kappa shape index (κ1) is 40.4. The van der Waals surface area contributed by atoms with Crippen LogP contribution in [0.1, 0.15) is 100 Å². The molecule has 5 aromatic rings. The van der Waals surface area contributed by atoms with Crippen molar-refractivity contribution in [3.05, 3.63) is 159 Å². The molecule has 0 N–H and O–H groups in total. The topological polar surface area (TPSA) is 0 Å². The van der Waals surface area contributed by atoms with Crippen molar-refractivity contribution >= 4 is 49.4 Å². The Bertz CT molecular complexity index is 2260. The molecule has 270 valence electrons. The summed E-state index contributed by atoms with van der Waals surface area (Å²) in [4.78, 5) is 0. The van der Waals surface area contributed by atoms with Gasteiger partial charge in [0, 0.05) is 0 Å². The quantitative estimate of drug-likeness (QED) is 0.155. The normalized spacial score (nSPS) is 17.0. The molecule has 52 heavy (non-hydrogen) atoms. The number of rotatable bonds is 5. The molecule has 4 heteroatoms. The van der Waals surface area contributed by atoms with Crippen molar-refractivity contribution in [3.63, 3.8) is 0 Å². The second kappa shape index (κ2) is 14.2. The van der Waals surface area contributed by atoms with Gasteiger partial charge in [0.25, 0.3) is 0 Å². The van der Waals surface area contributed by atoms with E-state index in [-0.39, 0.29) is 35.6 Å². The third-order valence-electron chi connectivity index (χ3n) is 11.8. The van der Waals surface area contributed by atoms with E-state index in [1.807, 2.05) is 0 Å². The summed E-state index contributed by atoms with van der Waals surface area (Å²) < 4.78 is 6.39. The Morgan fingerprint density at radius 1 is 0.519 bits per heavy atom. The molecule has 0 nitrogen and oxygen atoms in total. The summed E-state index contributed by atoms with van der Waals surface area (Å²) in [6, 6.07) is 41.9. The predicted octanol–water partition coefficient (Wildman–Crippen LogP) is 13.9. The van der Waals surface area contributed by atoms with Crippen LogP contribution in [-0.4, -0.2) is 6.88 Å². The molecule has 0 spiro atoms. The van der Waals surface area contributed by atoms with Crippen LogP contribution in [0.2, 0.25) is 9.26 Å². The van der Waals surface area contributed by atoms with Crippen molar-refractivity contribution in [3.8, 4) is 22.3 Å². The molecule has 0 heterocycles.